The van der Waals surface area contributed by atoms with E-state index in [1.165, 1.54) is 0 Å². The maximum Gasteiger partial charge on any atom is 0.273 e. The number of amides is 1. The summed E-state index contributed by atoms with van der Waals surface area (Å²) in [5, 5.41) is 6.79. The molecule has 7 heteroatoms. The highest BCUT2D eigenvalue weighted by atomic mass is 16.5. The number of carbonyl (C=O) groups excluding carboxylic acids is 1. The Hall–Kier alpha value is -3.06. The topological polar surface area (TPSA) is 80.7 Å². The Kier molecular flexibility index (Phi) is 6.72. The van der Waals surface area contributed by atoms with E-state index in [9.17, 15) is 4.79 Å². The first-order valence-electron chi connectivity index (χ1n) is 9.62. The van der Waals surface area contributed by atoms with Crippen LogP contribution < -0.4 is 10.1 Å². The second-order valence-corrected chi connectivity index (χ2v) is 7.51. The number of furan rings is 1. The summed E-state index contributed by atoms with van der Waals surface area (Å²) in [5.41, 5.74) is 1.06. The van der Waals surface area contributed by atoms with Crippen molar-refractivity contribution in [3.63, 3.8) is 0 Å². The molecule has 7 nitrogen and oxygen atoms in total. The molecule has 3 rings (SSSR count). The first-order valence-corrected chi connectivity index (χ1v) is 9.62. The summed E-state index contributed by atoms with van der Waals surface area (Å²) in [7, 11) is 3.87. The van der Waals surface area contributed by atoms with Gasteiger partial charge in [0.1, 0.15) is 11.5 Å². The summed E-state index contributed by atoms with van der Waals surface area (Å²) >= 11 is 0. The summed E-state index contributed by atoms with van der Waals surface area (Å²) in [5.74, 6) is 2.28. The number of likely N-dealkylation sites (N-methyl/N-ethyl adjacent to an activating group) is 1. The molecular formula is C22H27N3O4. The molecule has 0 aliphatic rings. The van der Waals surface area contributed by atoms with Gasteiger partial charge in [0.05, 0.1) is 18.9 Å². The minimum atomic E-state index is -0.296. The van der Waals surface area contributed by atoms with Gasteiger partial charge in [-0.25, -0.2) is 0 Å². The predicted molar refractivity (Wildman–Crippen MR) is 110 cm³/mol. The third-order valence-electron chi connectivity index (χ3n) is 4.42. The third kappa shape index (κ3) is 5.48. The van der Waals surface area contributed by atoms with Crippen molar-refractivity contribution in [2.45, 2.75) is 19.9 Å². The van der Waals surface area contributed by atoms with E-state index in [0.717, 1.165) is 17.1 Å². The van der Waals surface area contributed by atoms with Crippen LogP contribution in [0.3, 0.4) is 0 Å². The highest BCUT2D eigenvalue weighted by Crippen LogP contribution is 2.24. The number of ether oxygens (including phenoxy) is 1. The second-order valence-electron chi connectivity index (χ2n) is 7.51. The number of aromatic nitrogens is 1. The van der Waals surface area contributed by atoms with Crippen LogP contribution in [0.1, 0.15) is 36.1 Å². The molecule has 154 valence electrons. The molecular weight excluding hydrogens is 370 g/mol. The summed E-state index contributed by atoms with van der Waals surface area (Å²) in [4.78, 5) is 14.5. The van der Waals surface area contributed by atoms with E-state index in [-0.39, 0.29) is 17.6 Å². The molecule has 0 saturated carbocycles. The number of nitrogens with one attached hydrogen (secondary N) is 1. The minimum Gasteiger partial charge on any atom is -0.493 e. The van der Waals surface area contributed by atoms with Crippen LogP contribution in [-0.2, 0) is 0 Å². The van der Waals surface area contributed by atoms with Crippen molar-refractivity contribution in [3.8, 4) is 17.1 Å². The van der Waals surface area contributed by atoms with Crippen molar-refractivity contribution in [1.29, 1.82) is 0 Å². The fourth-order valence-electron chi connectivity index (χ4n) is 2.80. The molecule has 1 atom stereocenters. The Morgan fingerprint density at radius 1 is 1.21 bits per heavy atom. The number of hydrogen-bond donors (Lipinski definition) is 1. The molecule has 0 bridgehead atoms. The fourth-order valence-corrected chi connectivity index (χ4v) is 2.80. The van der Waals surface area contributed by atoms with Gasteiger partial charge in [-0.15, -0.1) is 0 Å². The van der Waals surface area contributed by atoms with Crippen molar-refractivity contribution < 1.29 is 18.5 Å². The fraction of sp³-hybridized carbons (Fsp3) is 0.364. The van der Waals surface area contributed by atoms with E-state index < -0.39 is 0 Å². The Balaban J connectivity index is 1.61. The Morgan fingerprint density at radius 3 is 2.59 bits per heavy atom. The smallest absolute Gasteiger partial charge is 0.273 e. The van der Waals surface area contributed by atoms with Gasteiger partial charge in [-0.3, -0.25) is 9.69 Å². The maximum atomic E-state index is 12.5. The van der Waals surface area contributed by atoms with Crippen LogP contribution in [0.4, 0.5) is 0 Å². The average Bonchev–Trinajstić information content (AvgIpc) is 3.39. The zero-order valence-electron chi connectivity index (χ0n) is 17.2. The number of rotatable bonds is 9. The van der Waals surface area contributed by atoms with E-state index in [2.05, 4.69) is 24.3 Å². The molecule has 0 fully saturated rings. The monoisotopic (exact) mass is 397 g/mol. The lowest BCUT2D eigenvalue weighted by Crippen LogP contribution is -2.34. The first-order chi connectivity index (χ1) is 13.9. The molecule has 2 heterocycles. The van der Waals surface area contributed by atoms with Crippen molar-refractivity contribution in [3.05, 3.63) is 60.2 Å². The molecule has 1 aromatic carbocycles. The molecule has 0 spiro atoms. The summed E-state index contributed by atoms with van der Waals surface area (Å²) < 4.78 is 16.5. The van der Waals surface area contributed by atoms with E-state index in [1.807, 2.05) is 55.4 Å². The summed E-state index contributed by atoms with van der Waals surface area (Å²) in [6.45, 7) is 5.26. The molecule has 0 radical (unpaired) electrons. The molecule has 1 N–H and O–H groups in total. The van der Waals surface area contributed by atoms with Gasteiger partial charge in [-0.1, -0.05) is 19.0 Å². The first kappa shape index (κ1) is 20.7. The highest BCUT2D eigenvalue weighted by Gasteiger charge is 2.20. The van der Waals surface area contributed by atoms with Crippen LogP contribution in [0.25, 0.3) is 11.3 Å². The van der Waals surface area contributed by atoms with E-state index in [0.29, 0.717) is 24.8 Å². The SMILES string of the molecule is CC(C)COc1ccc(-c2cc(C(=O)NC[C@@H](c3ccco3)N(C)C)no2)cc1. The standard InChI is InChI=1S/C22H27N3O4/c1-15(2)14-28-17-9-7-16(8-10-17)21-12-18(24-29-21)22(26)23-13-19(25(3)4)20-6-5-11-27-20/h5-12,15,19H,13-14H2,1-4H3,(H,23,26)/t19-/m0/s1. The third-order valence-corrected chi connectivity index (χ3v) is 4.42. The molecule has 0 aliphatic heterocycles. The van der Waals surface area contributed by atoms with Crippen LogP contribution in [0.15, 0.2) is 57.7 Å². The minimum absolute atomic E-state index is 0.0706. The molecule has 1 amide bonds. The van der Waals surface area contributed by atoms with E-state index >= 15 is 0 Å². The van der Waals surface area contributed by atoms with Crippen LogP contribution in [-0.4, -0.2) is 43.2 Å². The van der Waals surface area contributed by atoms with Crippen molar-refractivity contribution in [2.24, 2.45) is 5.92 Å². The lowest BCUT2D eigenvalue weighted by Gasteiger charge is -2.22. The number of hydrogen-bond acceptors (Lipinski definition) is 6. The van der Waals surface area contributed by atoms with Crippen LogP contribution in [0.5, 0.6) is 5.75 Å². The lowest BCUT2D eigenvalue weighted by molar-refractivity contribution is 0.0930. The summed E-state index contributed by atoms with van der Waals surface area (Å²) in [6, 6.07) is 12.8. The summed E-state index contributed by atoms with van der Waals surface area (Å²) in [6.07, 6.45) is 1.62. The van der Waals surface area contributed by atoms with Gasteiger partial charge < -0.3 is 19.0 Å². The zero-order valence-corrected chi connectivity index (χ0v) is 17.2. The van der Waals surface area contributed by atoms with Crippen LogP contribution in [0, 0.1) is 5.92 Å². The van der Waals surface area contributed by atoms with E-state index in [4.69, 9.17) is 13.7 Å². The number of nitrogens with zero attached hydrogens (tertiary/aromatic N) is 2. The second kappa shape index (κ2) is 9.43. The molecule has 0 unspecified atom stereocenters. The molecule has 0 aliphatic carbocycles. The Labute approximate surface area is 170 Å². The Morgan fingerprint density at radius 2 is 1.97 bits per heavy atom. The molecule has 29 heavy (non-hydrogen) atoms. The molecule has 0 saturated heterocycles. The van der Waals surface area contributed by atoms with Crippen molar-refractivity contribution >= 4 is 5.91 Å². The lowest BCUT2D eigenvalue weighted by atomic mass is 10.1. The van der Waals surface area contributed by atoms with Gasteiger partial charge in [-0.05, 0) is 56.4 Å². The number of carbonyl (C=O) groups is 1. The Bertz CT molecular complexity index is 899. The average molecular weight is 397 g/mol. The van der Waals surface area contributed by atoms with Gasteiger partial charge in [0.25, 0.3) is 5.91 Å². The molecule has 2 aromatic heterocycles. The quantitative estimate of drug-likeness (QED) is 0.588. The van der Waals surface area contributed by atoms with Crippen LogP contribution >= 0.6 is 0 Å². The highest BCUT2D eigenvalue weighted by molar-refractivity contribution is 5.93. The normalized spacial score (nSPS) is 12.3. The zero-order chi connectivity index (χ0) is 20.8. The van der Waals surface area contributed by atoms with Gasteiger partial charge in [-0.2, -0.15) is 0 Å². The van der Waals surface area contributed by atoms with Gasteiger partial charge in [0, 0.05) is 18.2 Å². The number of benzene rings is 1. The predicted octanol–water partition coefficient (Wildman–Crippen LogP) is 4.00. The maximum absolute atomic E-state index is 12.5. The van der Waals surface area contributed by atoms with Crippen molar-refractivity contribution in [1.82, 2.24) is 15.4 Å². The largest absolute Gasteiger partial charge is 0.493 e. The van der Waals surface area contributed by atoms with Crippen molar-refractivity contribution in [2.75, 3.05) is 27.2 Å². The van der Waals surface area contributed by atoms with Gasteiger partial charge in [0.2, 0.25) is 0 Å². The van der Waals surface area contributed by atoms with Gasteiger partial charge >= 0.3 is 0 Å². The van der Waals surface area contributed by atoms with E-state index in [1.54, 1.807) is 12.3 Å². The van der Waals surface area contributed by atoms with Gasteiger partial charge in [0.15, 0.2) is 11.5 Å². The van der Waals surface area contributed by atoms with Crippen LogP contribution in [0.2, 0.25) is 0 Å². The molecule has 3 aromatic rings.